The van der Waals surface area contributed by atoms with Gasteiger partial charge in [-0.2, -0.15) is 11.8 Å². The summed E-state index contributed by atoms with van der Waals surface area (Å²) in [5, 5.41) is 0. The highest BCUT2D eigenvalue weighted by molar-refractivity contribution is 7.99. The fourth-order valence-corrected chi connectivity index (χ4v) is 2.68. The van der Waals surface area contributed by atoms with E-state index in [1.54, 1.807) is 0 Å². The van der Waals surface area contributed by atoms with Crippen LogP contribution in [-0.4, -0.2) is 67.6 Å². The molecule has 1 saturated heterocycles. The Bertz CT molecular complexity index is 141. The van der Waals surface area contributed by atoms with Crippen LogP contribution in [0.2, 0.25) is 0 Å². The van der Waals surface area contributed by atoms with Gasteiger partial charge in [0.25, 0.3) is 0 Å². The Labute approximate surface area is 85.6 Å². The first-order valence-electron chi connectivity index (χ1n) is 4.90. The first kappa shape index (κ1) is 11.3. The smallest absolute Gasteiger partial charge is 0.0309 e. The molecule has 0 spiro atoms. The van der Waals surface area contributed by atoms with E-state index in [9.17, 15) is 0 Å². The van der Waals surface area contributed by atoms with Crippen molar-refractivity contribution in [3.63, 3.8) is 0 Å². The van der Waals surface area contributed by atoms with Gasteiger partial charge in [-0.1, -0.05) is 0 Å². The Morgan fingerprint density at radius 1 is 1.54 bits per heavy atom. The Kier molecular flexibility index (Phi) is 5.09. The zero-order chi connectivity index (χ0) is 9.68. The molecule has 0 bridgehead atoms. The van der Waals surface area contributed by atoms with Crippen LogP contribution in [0.3, 0.4) is 0 Å². The molecule has 13 heavy (non-hydrogen) atoms. The van der Waals surface area contributed by atoms with Crippen molar-refractivity contribution in [2.45, 2.75) is 6.04 Å². The lowest BCUT2D eigenvalue weighted by Crippen LogP contribution is -2.48. The predicted molar refractivity (Wildman–Crippen MR) is 60.3 cm³/mol. The van der Waals surface area contributed by atoms with E-state index in [-0.39, 0.29) is 0 Å². The molecule has 1 aliphatic rings. The lowest BCUT2D eigenvalue weighted by Gasteiger charge is -2.35. The van der Waals surface area contributed by atoms with Crippen molar-refractivity contribution in [2.24, 2.45) is 5.73 Å². The normalized spacial score (nSPS) is 25.4. The molecule has 0 aromatic carbocycles. The molecule has 3 nitrogen and oxygen atoms in total. The minimum Gasteiger partial charge on any atom is -0.329 e. The minimum absolute atomic E-state index is 0.610. The van der Waals surface area contributed by atoms with Crippen LogP contribution in [0.5, 0.6) is 0 Å². The Morgan fingerprint density at radius 3 is 2.92 bits per heavy atom. The predicted octanol–water partition coefficient (Wildman–Crippen LogP) is -0.0759. The van der Waals surface area contributed by atoms with Gasteiger partial charge in [-0.25, -0.2) is 0 Å². The molecule has 78 valence electrons. The molecule has 0 aliphatic carbocycles. The van der Waals surface area contributed by atoms with E-state index in [1.165, 1.54) is 18.1 Å². The van der Waals surface area contributed by atoms with Gasteiger partial charge in [-0.3, -0.25) is 4.90 Å². The van der Waals surface area contributed by atoms with E-state index in [1.807, 2.05) is 11.8 Å². The summed E-state index contributed by atoms with van der Waals surface area (Å²) in [6, 6.07) is 0.610. The van der Waals surface area contributed by atoms with Crippen molar-refractivity contribution in [2.75, 3.05) is 51.8 Å². The quantitative estimate of drug-likeness (QED) is 0.693. The third-order valence-corrected chi connectivity index (χ3v) is 3.55. The second kappa shape index (κ2) is 5.86. The molecule has 0 aromatic heterocycles. The van der Waals surface area contributed by atoms with Gasteiger partial charge in [-0.05, 0) is 14.1 Å². The fraction of sp³-hybridized carbons (Fsp3) is 1.00. The van der Waals surface area contributed by atoms with Crippen LogP contribution in [0.15, 0.2) is 0 Å². The summed E-state index contributed by atoms with van der Waals surface area (Å²) in [4.78, 5) is 4.76. The number of nitrogens with two attached hydrogens (primary N) is 1. The highest BCUT2D eigenvalue weighted by Gasteiger charge is 2.20. The molecule has 0 radical (unpaired) electrons. The van der Waals surface area contributed by atoms with E-state index < -0.39 is 0 Å². The molecule has 1 atom stereocenters. The largest absolute Gasteiger partial charge is 0.329 e. The fourth-order valence-electron chi connectivity index (χ4n) is 1.53. The maximum Gasteiger partial charge on any atom is 0.0309 e. The number of nitrogens with zero attached hydrogens (tertiary/aromatic N) is 2. The van der Waals surface area contributed by atoms with Crippen LogP contribution >= 0.6 is 11.8 Å². The van der Waals surface area contributed by atoms with Gasteiger partial charge in [0, 0.05) is 43.7 Å². The van der Waals surface area contributed by atoms with Gasteiger partial charge in [0.15, 0.2) is 0 Å². The van der Waals surface area contributed by atoms with E-state index in [2.05, 4.69) is 23.9 Å². The average Bonchev–Trinajstić information content (AvgIpc) is 2.15. The van der Waals surface area contributed by atoms with Crippen molar-refractivity contribution in [1.29, 1.82) is 0 Å². The molecular formula is C9H21N3S. The molecule has 0 aromatic rings. The SMILES string of the molecule is CN(C)CCN1CCSCC1CN. The van der Waals surface area contributed by atoms with Crippen molar-refractivity contribution >= 4 is 11.8 Å². The van der Waals surface area contributed by atoms with Gasteiger partial charge in [-0.15, -0.1) is 0 Å². The van der Waals surface area contributed by atoms with Crippen molar-refractivity contribution in [3.05, 3.63) is 0 Å². The van der Waals surface area contributed by atoms with E-state index >= 15 is 0 Å². The lowest BCUT2D eigenvalue weighted by atomic mass is 10.2. The summed E-state index contributed by atoms with van der Waals surface area (Å²) in [6.45, 7) is 4.32. The van der Waals surface area contributed by atoms with Crippen molar-refractivity contribution < 1.29 is 0 Å². The third-order valence-electron chi connectivity index (χ3n) is 2.46. The number of hydrogen-bond acceptors (Lipinski definition) is 4. The number of rotatable bonds is 4. The third kappa shape index (κ3) is 3.85. The molecule has 1 fully saturated rings. The van der Waals surface area contributed by atoms with Crippen LogP contribution in [-0.2, 0) is 0 Å². The van der Waals surface area contributed by atoms with Crippen LogP contribution in [0.25, 0.3) is 0 Å². The standard InChI is InChI=1S/C9H21N3S/c1-11(2)3-4-12-5-6-13-8-9(12)7-10/h9H,3-8,10H2,1-2H3. The zero-order valence-electron chi connectivity index (χ0n) is 8.70. The Hall–Kier alpha value is 0.230. The van der Waals surface area contributed by atoms with Crippen LogP contribution in [0, 0.1) is 0 Å². The molecular weight excluding hydrogens is 182 g/mol. The van der Waals surface area contributed by atoms with E-state index in [4.69, 9.17) is 5.73 Å². The molecule has 4 heteroatoms. The summed E-state index contributed by atoms with van der Waals surface area (Å²) < 4.78 is 0. The first-order chi connectivity index (χ1) is 6.24. The molecule has 1 unspecified atom stereocenters. The van der Waals surface area contributed by atoms with Crippen LogP contribution in [0.4, 0.5) is 0 Å². The minimum atomic E-state index is 0.610. The monoisotopic (exact) mass is 203 g/mol. The van der Waals surface area contributed by atoms with Gasteiger partial charge >= 0.3 is 0 Å². The molecule has 1 aliphatic heterocycles. The Balaban J connectivity index is 2.27. The summed E-state index contributed by atoms with van der Waals surface area (Å²) in [7, 11) is 4.24. The van der Waals surface area contributed by atoms with Crippen molar-refractivity contribution in [3.8, 4) is 0 Å². The zero-order valence-corrected chi connectivity index (χ0v) is 9.52. The Morgan fingerprint density at radius 2 is 2.31 bits per heavy atom. The number of likely N-dealkylation sites (N-methyl/N-ethyl adjacent to an activating group) is 1. The topological polar surface area (TPSA) is 32.5 Å². The molecule has 2 N–H and O–H groups in total. The van der Waals surface area contributed by atoms with Crippen molar-refractivity contribution in [1.82, 2.24) is 9.80 Å². The van der Waals surface area contributed by atoms with E-state index in [0.29, 0.717) is 6.04 Å². The number of thioether (sulfide) groups is 1. The summed E-state index contributed by atoms with van der Waals surface area (Å²) in [5.41, 5.74) is 5.73. The molecule has 0 saturated carbocycles. The van der Waals surface area contributed by atoms with Gasteiger partial charge in [0.05, 0.1) is 0 Å². The van der Waals surface area contributed by atoms with Crippen LogP contribution < -0.4 is 5.73 Å². The van der Waals surface area contributed by atoms with Gasteiger partial charge in [0.1, 0.15) is 0 Å². The molecule has 0 amide bonds. The second-order valence-corrected chi connectivity index (χ2v) is 4.95. The molecule has 1 heterocycles. The summed E-state index contributed by atoms with van der Waals surface area (Å²) in [6.07, 6.45) is 0. The van der Waals surface area contributed by atoms with Crippen LogP contribution in [0.1, 0.15) is 0 Å². The first-order valence-corrected chi connectivity index (χ1v) is 6.06. The van der Waals surface area contributed by atoms with E-state index in [0.717, 1.165) is 19.6 Å². The highest BCUT2D eigenvalue weighted by atomic mass is 32.2. The highest BCUT2D eigenvalue weighted by Crippen LogP contribution is 2.14. The number of hydrogen-bond donors (Lipinski definition) is 1. The molecule has 1 rings (SSSR count). The van der Waals surface area contributed by atoms with Gasteiger partial charge in [0.2, 0.25) is 0 Å². The summed E-state index contributed by atoms with van der Waals surface area (Å²) in [5.74, 6) is 2.48. The maximum absolute atomic E-state index is 5.73. The lowest BCUT2D eigenvalue weighted by molar-refractivity contribution is 0.201. The average molecular weight is 203 g/mol. The maximum atomic E-state index is 5.73. The summed E-state index contributed by atoms with van der Waals surface area (Å²) >= 11 is 2.03. The van der Waals surface area contributed by atoms with Gasteiger partial charge < -0.3 is 10.6 Å². The second-order valence-electron chi connectivity index (χ2n) is 3.80.